The fourth-order valence-corrected chi connectivity index (χ4v) is 2.32. The summed E-state index contributed by atoms with van der Waals surface area (Å²) in [6.45, 7) is 2.71. The van der Waals surface area contributed by atoms with Crippen molar-refractivity contribution in [3.8, 4) is 0 Å². The molecule has 1 aromatic rings. The molecule has 20 heavy (non-hydrogen) atoms. The molecule has 2 rings (SSSR count). The van der Waals surface area contributed by atoms with Gasteiger partial charge in [-0.15, -0.1) is 0 Å². The number of amides is 1. The molecule has 1 saturated heterocycles. The average molecular weight is 273 g/mol. The van der Waals surface area contributed by atoms with E-state index in [1.54, 1.807) is 13.0 Å². The van der Waals surface area contributed by atoms with Crippen LogP contribution in [0.25, 0.3) is 0 Å². The summed E-state index contributed by atoms with van der Waals surface area (Å²) in [7, 11) is 0. The van der Waals surface area contributed by atoms with E-state index in [1.165, 1.54) is 6.08 Å². The first kappa shape index (κ1) is 14.3. The van der Waals surface area contributed by atoms with Crippen LogP contribution in [-0.4, -0.2) is 29.4 Å². The molecule has 0 saturated carbocycles. The van der Waals surface area contributed by atoms with Gasteiger partial charge in [-0.25, -0.2) is 4.79 Å². The van der Waals surface area contributed by atoms with Gasteiger partial charge in [-0.05, 0) is 18.9 Å². The standard InChI is InChI=1S/C16H19NO3/c1-2-20-16(19)11-9-14-8-10-15(18)17(14)12-13-6-4-3-5-7-13/h3-7,9,11,14H,2,8,10,12H2,1H3/b11-9-. The molecule has 1 unspecified atom stereocenters. The first-order valence-electron chi connectivity index (χ1n) is 6.89. The topological polar surface area (TPSA) is 46.6 Å². The number of esters is 1. The summed E-state index contributed by atoms with van der Waals surface area (Å²) in [4.78, 5) is 25.1. The predicted molar refractivity (Wildman–Crippen MR) is 75.8 cm³/mol. The van der Waals surface area contributed by atoms with Crippen molar-refractivity contribution in [2.75, 3.05) is 6.61 Å². The van der Waals surface area contributed by atoms with Crippen molar-refractivity contribution >= 4 is 11.9 Å². The van der Waals surface area contributed by atoms with Crippen LogP contribution < -0.4 is 0 Å². The molecular weight excluding hydrogens is 254 g/mol. The van der Waals surface area contributed by atoms with Crippen molar-refractivity contribution in [1.29, 1.82) is 0 Å². The minimum atomic E-state index is -0.355. The van der Waals surface area contributed by atoms with Crippen LogP contribution in [0.1, 0.15) is 25.3 Å². The van der Waals surface area contributed by atoms with Crippen LogP contribution in [0.2, 0.25) is 0 Å². The van der Waals surface area contributed by atoms with Gasteiger partial charge >= 0.3 is 5.97 Å². The van der Waals surface area contributed by atoms with Crippen LogP contribution in [0, 0.1) is 0 Å². The zero-order chi connectivity index (χ0) is 14.4. The molecule has 4 nitrogen and oxygen atoms in total. The first-order valence-corrected chi connectivity index (χ1v) is 6.89. The minimum absolute atomic E-state index is 0.0212. The largest absolute Gasteiger partial charge is 0.463 e. The van der Waals surface area contributed by atoms with E-state index < -0.39 is 0 Å². The molecule has 1 amide bonds. The fraction of sp³-hybridized carbons (Fsp3) is 0.375. The van der Waals surface area contributed by atoms with Gasteiger partial charge in [0.15, 0.2) is 0 Å². The molecule has 1 aliphatic heterocycles. The van der Waals surface area contributed by atoms with Crippen LogP contribution >= 0.6 is 0 Å². The van der Waals surface area contributed by atoms with E-state index in [1.807, 2.05) is 35.2 Å². The van der Waals surface area contributed by atoms with Gasteiger partial charge in [0.2, 0.25) is 5.91 Å². The van der Waals surface area contributed by atoms with E-state index in [4.69, 9.17) is 4.74 Å². The highest BCUT2D eigenvalue weighted by molar-refractivity contribution is 5.83. The van der Waals surface area contributed by atoms with E-state index in [-0.39, 0.29) is 17.9 Å². The Morgan fingerprint density at radius 3 is 2.85 bits per heavy atom. The van der Waals surface area contributed by atoms with Gasteiger partial charge in [0.25, 0.3) is 0 Å². The fourth-order valence-electron chi connectivity index (χ4n) is 2.32. The van der Waals surface area contributed by atoms with Crippen molar-refractivity contribution in [1.82, 2.24) is 4.90 Å². The van der Waals surface area contributed by atoms with E-state index in [0.29, 0.717) is 19.6 Å². The number of rotatable bonds is 5. The normalized spacial score (nSPS) is 18.8. The van der Waals surface area contributed by atoms with Crippen molar-refractivity contribution in [2.45, 2.75) is 32.4 Å². The third-order valence-electron chi connectivity index (χ3n) is 3.31. The summed E-state index contributed by atoms with van der Waals surface area (Å²) >= 11 is 0. The Bertz CT molecular complexity index is 496. The molecule has 0 N–H and O–H groups in total. The lowest BCUT2D eigenvalue weighted by atomic mass is 10.1. The highest BCUT2D eigenvalue weighted by Crippen LogP contribution is 2.22. The second-order valence-corrected chi connectivity index (χ2v) is 4.72. The van der Waals surface area contributed by atoms with Crippen molar-refractivity contribution in [3.63, 3.8) is 0 Å². The number of carbonyl (C=O) groups excluding carboxylic acids is 2. The second-order valence-electron chi connectivity index (χ2n) is 4.72. The number of hydrogen-bond acceptors (Lipinski definition) is 3. The number of ether oxygens (including phenoxy) is 1. The lowest BCUT2D eigenvalue weighted by Gasteiger charge is -2.22. The molecule has 4 heteroatoms. The summed E-state index contributed by atoms with van der Waals surface area (Å²) in [5, 5.41) is 0. The van der Waals surface area contributed by atoms with E-state index in [0.717, 1.165) is 12.0 Å². The Kier molecular flexibility index (Phi) is 4.93. The monoisotopic (exact) mass is 273 g/mol. The maximum Gasteiger partial charge on any atom is 0.330 e. The van der Waals surface area contributed by atoms with Gasteiger partial charge in [-0.2, -0.15) is 0 Å². The lowest BCUT2D eigenvalue weighted by molar-refractivity contribution is -0.137. The van der Waals surface area contributed by atoms with Crippen LogP contribution in [0.5, 0.6) is 0 Å². The van der Waals surface area contributed by atoms with Gasteiger partial charge in [-0.1, -0.05) is 36.4 Å². The molecule has 1 heterocycles. The Labute approximate surface area is 119 Å². The highest BCUT2D eigenvalue weighted by atomic mass is 16.5. The number of carbonyl (C=O) groups is 2. The summed E-state index contributed by atoms with van der Waals surface area (Å²) < 4.78 is 4.85. The smallest absolute Gasteiger partial charge is 0.330 e. The molecule has 0 aromatic heterocycles. The van der Waals surface area contributed by atoms with Gasteiger partial charge in [0.1, 0.15) is 0 Å². The maximum absolute atomic E-state index is 11.9. The van der Waals surface area contributed by atoms with E-state index in [9.17, 15) is 9.59 Å². The van der Waals surface area contributed by atoms with E-state index >= 15 is 0 Å². The molecule has 1 aliphatic rings. The molecule has 0 bridgehead atoms. The third kappa shape index (κ3) is 3.70. The Hall–Kier alpha value is -2.10. The quantitative estimate of drug-likeness (QED) is 0.611. The van der Waals surface area contributed by atoms with Crippen molar-refractivity contribution in [2.24, 2.45) is 0 Å². The molecule has 106 valence electrons. The Morgan fingerprint density at radius 2 is 2.15 bits per heavy atom. The van der Waals surface area contributed by atoms with Crippen LogP contribution in [-0.2, 0) is 20.9 Å². The number of benzene rings is 1. The van der Waals surface area contributed by atoms with Crippen LogP contribution in [0.4, 0.5) is 0 Å². The SMILES string of the molecule is CCOC(=O)/C=C\C1CCC(=O)N1Cc1ccccc1. The van der Waals surface area contributed by atoms with Gasteiger partial charge in [0.05, 0.1) is 12.6 Å². The zero-order valence-electron chi connectivity index (χ0n) is 11.6. The van der Waals surface area contributed by atoms with Crippen LogP contribution in [0.3, 0.4) is 0 Å². The number of likely N-dealkylation sites (tertiary alicyclic amines) is 1. The molecule has 0 radical (unpaired) electrons. The molecule has 0 aliphatic carbocycles. The molecule has 1 aromatic carbocycles. The first-order chi connectivity index (χ1) is 9.70. The average Bonchev–Trinajstić information content (AvgIpc) is 2.79. The summed E-state index contributed by atoms with van der Waals surface area (Å²) in [6, 6.07) is 9.84. The maximum atomic E-state index is 11.9. The molecule has 1 atom stereocenters. The summed E-state index contributed by atoms with van der Waals surface area (Å²) in [5.74, 6) is -0.223. The Balaban J connectivity index is 2.01. The molecule has 0 spiro atoms. The summed E-state index contributed by atoms with van der Waals surface area (Å²) in [5.41, 5.74) is 1.09. The molecule has 1 fully saturated rings. The lowest BCUT2D eigenvalue weighted by Crippen LogP contribution is -2.31. The summed E-state index contributed by atoms with van der Waals surface area (Å²) in [6.07, 6.45) is 4.48. The number of hydrogen-bond donors (Lipinski definition) is 0. The van der Waals surface area contributed by atoms with Gasteiger partial charge in [-0.3, -0.25) is 4.79 Å². The third-order valence-corrected chi connectivity index (χ3v) is 3.31. The van der Waals surface area contributed by atoms with Gasteiger partial charge < -0.3 is 9.64 Å². The van der Waals surface area contributed by atoms with Gasteiger partial charge in [0, 0.05) is 19.0 Å². The van der Waals surface area contributed by atoms with Crippen molar-refractivity contribution < 1.29 is 14.3 Å². The Morgan fingerprint density at radius 1 is 1.40 bits per heavy atom. The minimum Gasteiger partial charge on any atom is -0.463 e. The highest BCUT2D eigenvalue weighted by Gasteiger charge is 2.29. The van der Waals surface area contributed by atoms with Crippen molar-refractivity contribution in [3.05, 3.63) is 48.0 Å². The van der Waals surface area contributed by atoms with E-state index in [2.05, 4.69) is 0 Å². The zero-order valence-corrected chi connectivity index (χ0v) is 11.6. The predicted octanol–water partition coefficient (Wildman–Crippen LogP) is 2.30. The second kappa shape index (κ2) is 6.89. The molecular formula is C16H19NO3. The van der Waals surface area contributed by atoms with Crippen LogP contribution in [0.15, 0.2) is 42.5 Å². The number of nitrogens with zero attached hydrogens (tertiary/aromatic N) is 1.